The fourth-order valence-corrected chi connectivity index (χ4v) is 4.32. The molecule has 0 atom stereocenters. The zero-order valence-corrected chi connectivity index (χ0v) is 12.9. The van der Waals surface area contributed by atoms with Crippen LogP contribution in [0.25, 0.3) is 0 Å². The van der Waals surface area contributed by atoms with Crippen molar-refractivity contribution in [2.45, 2.75) is 31.5 Å². The van der Waals surface area contributed by atoms with Crippen molar-refractivity contribution < 1.29 is 8.42 Å². The Hall–Kier alpha value is -1.11. The van der Waals surface area contributed by atoms with Gasteiger partial charge in [0, 0.05) is 29.4 Å². The molecule has 0 bridgehead atoms. The third-order valence-corrected chi connectivity index (χ3v) is 5.98. The molecule has 0 saturated heterocycles. The van der Waals surface area contributed by atoms with Crippen LogP contribution in [0, 0.1) is 20.8 Å². The molecule has 0 amide bonds. The minimum atomic E-state index is -3.36. The maximum Gasteiger partial charge on any atom is 0.250 e. The van der Waals surface area contributed by atoms with Gasteiger partial charge in [0.2, 0.25) is 10.0 Å². The van der Waals surface area contributed by atoms with E-state index in [1.165, 1.54) is 11.3 Å². The van der Waals surface area contributed by atoms with Crippen molar-refractivity contribution in [3.63, 3.8) is 0 Å². The van der Waals surface area contributed by atoms with Crippen LogP contribution in [-0.4, -0.2) is 19.5 Å². The first-order chi connectivity index (χ1) is 8.90. The number of hydrogen-bond acceptors (Lipinski definition) is 3. The van der Waals surface area contributed by atoms with E-state index in [4.69, 9.17) is 0 Å². The van der Waals surface area contributed by atoms with Gasteiger partial charge in [-0.1, -0.05) is 0 Å². The molecule has 2 aromatic rings. The Labute approximate surface area is 118 Å². The predicted molar refractivity (Wildman–Crippen MR) is 78.2 cm³/mol. The number of rotatable bonds is 5. The Morgan fingerprint density at radius 2 is 1.74 bits per heavy atom. The van der Waals surface area contributed by atoms with E-state index in [0.717, 1.165) is 16.3 Å². The number of sulfonamides is 1. The maximum atomic E-state index is 12.0. The molecule has 6 heteroatoms. The summed E-state index contributed by atoms with van der Waals surface area (Å²) in [4.78, 5) is 0.998. The molecule has 0 aliphatic rings. The Morgan fingerprint density at radius 1 is 1.11 bits per heavy atom. The maximum absolute atomic E-state index is 12.0. The largest absolute Gasteiger partial charge is 0.348 e. The summed E-state index contributed by atoms with van der Waals surface area (Å²) in [5, 5.41) is 0. The molecule has 1 N–H and O–H groups in total. The van der Waals surface area contributed by atoms with E-state index in [1.807, 2.05) is 39.0 Å². The number of thiophene rings is 1. The van der Waals surface area contributed by atoms with Crippen LogP contribution in [-0.2, 0) is 16.6 Å². The average molecular weight is 298 g/mol. The van der Waals surface area contributed by atoms with Crippen molar-refractivity contribution in [1.82, 2.24) is 9.29 Å². The third kappa shape index (κ3) is 3.26. The average Bonchev–Trinajstić information content (AvgIpc) is 2.90. The number of hydrogen-bond donors (Lipinski definition) is 1. The molecule has 0 saturated carbocycles. The molecule has 0 aliphatic carbocycles. The van der Waals surface area contributed by atoms with Gasteiger partial charge in [-0.15, -0.1) is 11.3 Å². The summed E-state index contributed by atoms with van der Waals surface area (Å²) < 4.78 is 29.2. The minimum absolute atomic E-state index is 0.381. The molecule has 0 aliphatic heterocycles. The quantitative estimate of drug-likeness (QED) is 0.922. The van der Waals surface area contributed by atoms with E-state index < -0.39 is 10.0 Å². The number of nitrogens with one attached hydrogen (secondary N) is 1. The second kappa shape index (κ2) is 5.48. The fraction of sp³-hybridized carbons (Fsp3) is 0.385. The van der Waals surface area contributed by atoms with E-state index in [0.29, 0.717) is 17.3 Å². The highest BCUT2D eigenvalue weighted by Gasteiger charge is 2.15. The molecule has 2 rings (SSSR count). The Balaban J connectivity index is 2.00. The summed E-state index contributed by atoms with van der Waals surface area (Å²) in [7, 11) is -3.36. The zero-order chi connectivity index (χ0) is 14.0. The molecule has 0 radical (unpaired) electrons. The lowest BCUT2D eigenvalue weighted by molar-refractivity contribution is 0.571. The van der Waals surface area contributed by atoms with Crippen LogP contribution in [0.5, 0.6) is 0 Å². The van der Waals surface area contributed by atoms with E-state index >= 15 is 0 Å². The van der Waals surface area contributed by atoms with Gasteiger partial charge in [-0.25, -0.2) is 13.1 Å². The molecule has 2 heterocycles. The summed E-state index contributed by atoms with van der Waals surface area (Å²) in [5.41, 5.74) is 2.28. The van der Waals surface area contributed by atoms with Crippen LogP contribution in [0.15, 0.2) is 28.5 Å². The van der Waals surface area contributed by atoms with Crippen molar-refractivity contribution in [1.29, 1.82) is 0 Å². The summed E-state index contributed by atoms with van der Waals surface area (Å²) >= 11 is 1.29. The van der Waals surface area contributed by atoms with Gasteiger partial charge in [-0.05, 0) is 45.0 Å². The topological polar surface area (TPSA) is 51.1 Å². The van der Waals surface area contributed by atoms with Crippen molar-refractivity contribution in [3.8, 4) is 0 Å². The monoisotopic (exact) mass is 298 g/mol. The lowest BCUT2D eigenvalue weighted by atomic mass is 10.5. The van der Waals surface area contributed by atoms with Crippen molar-refractivity contribution in [2.24, 2.45) is 0 Å². The summed E-state index contributed by atoms with van der Waals surface area (Å²) in [6.45, 7) is 6.98. The lowest BCUT2D eigenvalue weighted by Gasteiger charge is -2.10. The van der Waals surface area contributed by atoms with Crippen molar-refractivity contribution in [3.05, 3.63) is 40.5 Å². The molecule has 0 spiro atoms. The Morgan fingerprint density at radius 3 is 2.26 bits per heavy atom. The van der Waals surface area contributed by atoms with Crippen LogP contribution in [0.2, 0.25) is 0 Å². The van der Waals surface area contributed by atoms with Gasteiger partial charge in [-0.2, -0.15) is 0 Å². The van der Waals surface area contributed by atoms with Gasteiger partial charge in [-0.3, -0.25) is 0 Å². The molecule has 104 valence electrons. The van der Waals surface area contributed by atoms with Crippen LogP contribution in [0.3, 0.4) is 0 Å². The first kappa shape index (κ1) is 14.3. The molecule has 19 heavy (non-hydrogen) atoms. The summed E-state index contributed by atoms with van der Waals surface area (Å²) in [6.07, 6.45) is 0. The second-order valence-corrected chi connectivity index (χ2v) is 7.81. The summed E-state index contributed by atoms with van der Waals surface area (Å²) in [6, 6.07) is 7.53. The van der Waals surface area contributed by atoms with Gasteiger partial charge in [0.15, 0.2) is 0 Å². The SMILES string of the molecule is Cc1ccc(S(=O)(=O)NCCn2c(C)ccc2C)s1. The van der Waals surface area contributed by atoms with E-state index in [2.05, 4.69) is 9.29 Å². The van der Waals surface area contributed by atoms with Crippen molar-refractivity contribution in [2.75, 3.05) is 6.54 Å². The highest BCUT2D eigenvalue weighted by atomic mass is 32.2. The molecular formula is C13H18N2O2S2. The van der Waals surface area contributed by atoms with Gasteiger partial charge < -0.3 is 4.57 Å². The lowest BCUT2D eigenvalue weighted by Crippen LogP contribution is -2.27. The number of aromatic nitrogens is 1. The van der Waals surface area contributed by atoms with E-state index in [1.54, 1.807) is 6.07 Å². The highest BCUT2D eigenvalue weighted by Crippen LogP contribution is 2.20. The third-order valence-electron chi connectivity index (χ3n) is 3.03. The molecule has 0 fully saturated rings. The standard InChI is InChI=1S/C13H18N2O2S2/c1-10-4-5-11(2)15(10)9-8-14-19(16,17)13-7-6-12(3)18-13/h4-7,14H,8-9H2,1-3H3. The first-order valence-electron chi connectivity index (χ1n) is 6.09. The Bertz CT molecular complexity index is 649. The Kier molecular flexibility index (Phi) is 4.13. The zero-order valence-electron chi connectivity index (χ0n) is 11.3. The van der Waals surface area contributed by atoms with Crippen molar-refractivity contribution >= 4 is 21.4 Å². The van der Waals surface area contributed by atoms with Crippen LogP contribution in [0.4, 0.5) is 0 Å². The number of aryl methyl sites for hydroxylation is 3. The molecule has 4 nitrogen and oxygen atoms in total. The minimum Gasteiger partial charge on any atom is -0.348 e. The van der Waals surface area contributed by atoms with E-state index in [-0.39, 0.29) is 0 Å². The highest BCUT2D eigenvalue weighted by molar-refractivity contribution is 7.91. The van der Waals surface area contributed by atoms with Gasteiger partial charge in [0.25, 0.3) is 0 Å². The van der Waals surface area contributed by atoms with Crippen LogP contribution >= 0.6 is 11.3 Å². The second-order valence-electron chi connectivity index (χ2n) is 4.53. The smallest absolute Gasteiger partial charge is 0.250 e. The molecule has 0 aromatic carbocycles. The summed E-state index contributed by atoms with van der Waals surface area (Å²) in [5.74, 6) is 0. The normalized spacial score (nSPS) is 11.9. The molecule has 2 aromatic heterocycles. The molecule has 0 unspecified atom stereocenters. The number of nitrogens with zero attached hydrogens (tertiary/aromatic N) is 1. The van der Waals surface area contributed by atoms with Gasteiger partial charge in [0.05, 0.1) is 0 Å². The van der Waals surface area contributed by atoms with Gasteiger partial charge in [0.1, 0.15) is 4.21 Å². The predicted octanol–water partition coefficient (Wildman–Crippen LogP) is 2.45. The van der Waals surface area contributed by atoms with Crippen LogP contribution in [0.1, 0.15) is 16.3 Å². The van der Waals surface area contributed by atoms with E-state index in [9.17, 15) is 8.42 Å². The first-order valence-corrected chi connectivity index (χ1v) is 8.39. The van der Waals surface area contributed by atoms with Crippen LogP contribution < -0.4 is 4.72 Å². The van der Waals surface area contributed by atoms with Gasteiger partial charge >= 0.3 is 0 Å². The molecular weight excluding hydrogens is 280 g/mol. The fourth-order valence-electron chi connectivity index (χ4n) is 1.97.